The van der Waals surface area contributed by atoms with Gasteiger partial charge in [0.25, 0.3) is 0 Å². The van der Waals surface area contributed by atoms with Crippen LogP contribution in [0.15, 0.2) is 18.3 Å². The molecule has 0 bridgehead atoms. The molecule has 0 radical (unpaired) electrons. The molecule has 0 amide bonds. The third-order valence-corrected chi connectivity index (χ3v) is 3.33. The molecule has 0 saturated heterocycles. The van der Waals surface area contributed by atoms with E-state index in [1.807, 2.05) is 0 Å². The molecule has 0 aliphatic carbocycles. The number of Topliss-reactive ketones (excluding diaryl/α,β-unsaturated/α-hetero) is 4. The second-order valence-corrected chi connectivity index (χ2v) is 4.68. The van der Waals surface area contributed by atoms with Crippen molar-refractivity contribution in [3.8, 4) is 0 Å². The summed E-state index contributed by atoms with van der Waals surface area (Å²) < 4.78 is 0. The Morgan fingerprint density at radius 1 is 1.00 bits per heavy atom. The van der Waals surface area contributed by atoms with E-state index in [4.69, 9.17) is 0 Å². The third-order valence-electron chi connectivity index (χ3n) is 3.33. The van der Waals surface area contributed by atoms with E-state index in [1.165, 1.54) is 46.0 Å². The quantitative estimate of drug-likeness (QED) is 0.709. The van der Waals surface area contributed by atoms with Gasteiger partial charge in [0.2, 0.25) is 0 Å². The van der Waals surface area contributed by atoms with Crippen LogP contribution in [-0.4, -0.2) is 33.3 Å². The smallest absolute Gasteiger partial charge is 0.150 e. The zero-order chi connectivity index (χ0) is 15.5. The van der Waals surface area contributed by atoms with Crippen molar-refractivity contribution in [1.82, 2.24) is 10.2 Å². The predicted octanol–water partition coefficient (Wildman–Crippen LogP) is 0.687. The first-order valence-corrected chi connectivity index (χ1v) is 6.07. The van der Waals surface area contributed by atoms with Gasteiger partial charge >= 0.3 is 0 Å². The molecule has 1 heterocycles. The molecule has 0 saturated carbocycles. The normalized spacial score (nSPS) is 11.2. The largest absolute Gasteiger partial charge is 0.299 e. The molecule has 0 fully saturated rings. The summed E-state index contributed by atoms with van der Waals surface area (Å²) in [4.78, 5) is 48.0. The van der Waals surface area contributed by atoms with Gasteiger partial charge in [0.1, 0.15) is 22.9 Å². The van der Waals surface area contributed by atoms with Crippen LogP contribution in [0.1, 0.15) is 33.4 Å². The van der Waals surface area contributed by atoms with Crippen molar-refractivity contribution in [2.45, 2.75) is 33.1 Å². The SMILES string of the molecule is CC(=O)C(C(C)=O)C(C(C)=O)(C(C)=O)c1cccnn1. The van der Waals surface area contributed by atoms with Crippen molar-refractivity contribution >= 4 is 23.1 Å². The summed E-state index contributed by atoms with van der Waals surface area (Å²) in [6, 6.07) is 2.93. The number of nitrogens with zero attached hydrogens (tertiary/aromatic N) is 2. The average molecular weight is 276 g/mol. The first kappa shape index (κ1) is 15.8. The first-order chi connectivity index (χ1) is 9.26. The Kier molecular flexibility index (Phi) is 4.60. The molecular weight excluding hydrogens is 260 g/mol. The monoisotopic (exact) mass is 276 g/mol. The number of hydrogen-bond donors (Lipinski definition) is 0. The Morgan fingerprint density at radius 3 is 1.80 bits per heavy atom. The Bertz CT molecular complexity index is 538. The van der Waals surface area contributed by atoms with E-state index in [-0.39, 0.29) is 5.69 Å². The predicted molar refractivity (Wildman–Crippen MR) is 69.9 cm³/mol. The minimum absolute atomic E-state index is 0.0235. The molecule has 0 spiro atoms. The molecule has 1 aromatic rings. The average Bonchev–Trinajstić information content (AvgIpc) is 2.34. The van der Waals surface area contributed by atoms with Gasteiger partial charge in [-0.15, -0.1) is 0 Å². The van der Waals surface area contributed by atoms with Crippen LogP contribution in [0.2, 0.25) is 0 Å². The highest BCUT2D eigenvalue weighted by atomic mass is 16.2. The van der Waals surface area contributed by atoms with Crippen molar-refractivity contribution < 1.29 is 19.2 Å². The number of carbonyl (C=O) groups excluding carboxylic acids is 4. The molecule has 1 aromatic heterocycles. The molecule has 6 nitrogen and oxygen atoms in total. The highest BCUT2D eigenvalue weighted by Crippen LogP contribution is 2.35. The Balaban J connectivity index is 3.73. The summed E-state index contributed by atoms with van der Waals surface area (Å²) in [5.74, 6) is -3.67. The minimum atomic E-state index is -1.90. The zero-order valence-electron chi connectivity index (χ0n) is 11.8. The van der Waals surface area contributed by atoms with Gasteiger partial charge in [0.15, 0.2) is 11.6 Å². The number of ketones is 4. The minimum Gasteiger partial charge on any atom is -0.299 e. The summed E-state index contributed by atoms with van der Waals surface area (Å²) in [6.45, 7) is 4.72. The lowest BCUT2D eigenvalue weighted by atomic mass is 9.64. The first-order valence-electron chi connectivity index (χ1n) is 6.07. The van der Waals surface area contributed by atoms with Crippen LogP contribution in [0.4, 0.5) is 0 Å². The summed E-state index contributed by atoms with van der Waals surface area (Å²) in [5.41, 5.74) is -1.87. The van der Waals surface area contributed by atoms with Crippen LogP contribution < -0.4 is 0 Å². The molecule has 0 unspecified atom stereocenters. The molecule has 0 aliphatic heterocycles. The molecular formula is C14H16N2O4. The molecule has 0 aliphatic rings. The fraction of sp³-hybridized carbons (Fsp3) is 0.429. The molecule has 6 heteroatoms. The third kappa shape index (κ3) is 2.41. The van der Waals surface area contributed by atoms with Crippen molar-refractivity contribution in [3.05, 3.63) is 24.0 Å². The van der Waals surface area contributed by atoms with E-state index < -0.39 is 34.5 Å². The fourth-order valence-corrected chi connectivity index (χ4v) is 2.57. The maximum Gasteiger partial charge on any atom is 0.150 e. The molecule has 0 aromatic carbocycles. The fourth-order valence-electron chi connectivity index (χ4n) is 2.57. The van der Waals surface area contributed by atoms with Gasteiger partial charge in [-0.1, -0.05) is 0 Å². The van der Waals surface area contributed by atoms with Crippen LogP contribution >= 0.6 is 0 Å². The number of aromatic nitrogens is 2. The lowest BCUT2D eigenvalue weighted by Crippen LogP contribution is -2.53. The zero-order valence-corrected chi connectivity index (χ0v) is 11.8. The Labute approximate surface area is 116 Å². The van der Waals surface area contributed by atoms with Gasteiger partial charge in [-0.2, -0.15) is 10.2 Å². The van der Waals surface area contributed by atoms with Gasteiger partial charge in [0, 0.05) is 6.20 Å². The van der Waals surface area contributed by atoms with Crippen molar-refractivity contribution in [1.29, 1.82) is 0 Å². The van der Waals surface area contributed by atoms with Gasteiger partial charge in [-0.25, -0.2) is 0 Å². The number of hydrogen-bond acceptors (Lipinski definition) is 6. The Hall–Kier alpha value is -2.24. The summed E-state index contributed by atoms with van der Waals surface area (Å²) >= 11 is 0. The lowest BCUT2D eigenvalue weighted by Gasteiger charge is -2.32. The van der Waals surface area contributed by atoms with Gasteiger partial charge < -0.3 is 0 Å². The highest BCUT2D eigenvalue weighted by Gasteiger charge is 2.54. The van der Waals surface area contributed by atoms with Crippen molar-refractivity contribution in [3.63, 3.8) is 0 Å². The van der Waals surface area contributed by atoms with Crippen molar-refractivity contribution in [2.75, 3.05) is 0 Å². The van der Waals surface area contributed by atoms with E-state index in [1.54, 1.807) is 0 Å². The Morgan fingerprint density at radius 2 is 1.50 bits per heavy atom. The van der Waals surface area contributed by atoms with Gasteiger partial charge in [-0.3, -0.25) is 19.2 Å². The topological polar surface area (TPSA) is 94.1 Å². The van der Waals surface area contributed by atoms with E-state index in [0.717, 1.165) is 0 Å². The van der Waals surface area contributed by atoms with Crippen molar-refractivity contribution in [2.24, 2.45) is 5.92 Å². The second kappa shape index (κ2) is 5.81. The standard InChI is InChI=1S/C14H16N2O4/c1-8(17)13(9(2)18)14(10(3)19,11(4)20)12-6-5-7-15-16-12/h5-7,13H,1-4H3. The summed E-state index contributed by atoms with van der Waals surface area (Å²) in [7, 11) is 0. The van der Waals surface area contributed by atoms with Crippen LogP contribution in [0.5, 0.6) is 0 Å². The second-order valence-electron chi connectivity index (χ2n) is 4.68. The van der Waals surface area contributed by atoms with E-state index in [2.05, 4.69) is 10.2 Å². The van der Waals surface area contributed by atoms with Crippen LogP contribution in [-0.2, 0) is 24.6 Å². The van der Waals surface area contributed by atoms with Crippen LogP contribution in [0.25, 0.3) is 0 Å². The summed E-state index contributed by atoms with van der Waals surface area (Å²) in [5, 5.41) is 7.42. The molecule has 106 valence electrons. The van der Waals surface area contributed by atoms with E-state index >= 15 is 0 Å². The van der Waals surface area contributed by atoms with E-state index in [9.17, 15) is 19.2 Å². The van der Waals surface area contributed by atoms with Crippen LogP contribution in [0, 0.1) is 5.92 Å². The maximum absolute atomic E-state index is 12.2. The van der Waals surface area contributed by atoms with E-state index in [0.29, 0.717) is 0 Å². The maximum atomic E-state index is 12.2. The van der Waals surface area contributed by atoms with Crippen LogP contribution in [0.3, 0.4) is 0 Å². The molecule has 1 rings (SSSR count). The van der Waals surface area contributed by atoms with Gasteiger partial charge in [-0.05, 0) is 39.8 Å². The number of rotatable bonds is 6. The summed E-state index contributed by atoms with van der Waals surface area (Å²) in [6.07, 6.45) is 1.38. The highest BCUT2D eigenvalue weighted by molar-refractivity contribution is 6.19. The molecule has 20 heavy (non-hydrogen) atoms. The number of carbonyl (C=O) groups is 4. The molecule has 0 N–H and O–H groups in total. The molecule has 0 atom stereocenters. The lowest BCUT2D eigenvalue weighted by molar-refractivity contribution is -0.146. The van der Waals surface area contributed by atoms with Gasteiger partial charge in [0.05, 0.1) is 5.69 Å².